The molecule has 0 radical (unpaired) electrons. The minimum atomic E-state index is -0.349. The maximum Gasteiger partial charge on any atom is 0.239 e. The number of hydrogen-bond donors (Lipinski definition) is 1. The van der Waals surface area contributed by atoms with Crippen LogP contribution in [-0.2, 0) is 4.79 Å². The number of thiazole rings is 1. The number of hydrogen-bond acceptors (Lipinski definition) is 7. The van der Waals surface area contributed by atoms with Gasteiger partial charge in [-0.25, -0.2) is 4.98 Å². The molecule has 0 bridgehead atoms. The van der Waals surface area contributed by atoms with Gasteiger partial charge in [-0.15, -0.1) is 21.5 Å². The van der Waals surface area contributed by atoms with Crippen LogP contribution in [-0.4, -0.2) is 30.9 Å². The lowest BCUT2D eigenvalue weighted by Gasteiger charge is -2.20. The Hall–Kier alpha value is -2.39. The van der Waals surface area contributed by atoms with Crippen LogP contribution in [0.15, 0.2) is 41.0 Å². The molecule has 1 amide bonds. The van der Waals surface area contributed by atoms with E-state index in [4.69, 9.17) is 4.74 Å². The Morgan fingerprint density at radius 3 is 2.39 bits per heavy atom. The van der Waals surface area contributed by atoms with Crippen LogP contribution >= 0.6 is 23.1 Å². The molecule has 7 nitrogen and oxygen atoms in total. The molecule has 9 heteroatoms. The summed E-state index contributed by atoms with van der Waals surface area (Å²) >= 11 is 2.77. The fourth-order valence-electron chi connectivity index (χ4n) is 3.02. The summed E-state index contributed by atoms with van der Waals surface area (Å²) in [4.78, 5) is 16.6. The van der Waals surface area contributed by atoms with Gasteiger partial charge < -0.3 is 14.6 Å². The number of anilines is 1. The first-order valence-corrected chi connectivity index (χ1v) is 12.1. The van der Waals surface area contributed by atoms with E-state index in [1.165, 1.54) is 28.7 Å². The predicted molar refractivity (Wildman–Crippen MR) is 126 cm³/mol. The molecular weight excluding hydrogens is 430 g/mol. The maximum atomic E-state index is 12.5. The zero-order valence-corrected chi connectivity index (χ0v) is 20.3. The van der Waals surface area contributed by atoms with Crippen molar-refractivity contribution in [3.05, 3.63) is 47.2 Å². The normalized spacial score (nSPS) is 13.4. The van der Waals surface area contributed by atoms with E-state index in [2.05, 4.69) is 60.3 Å². The molecule has 0 aliphatic rings. The van der Waals surface area contributed by atoms with Crippen LogP contribution in [0.1, 0.15) is 71.0 Å². The zero-order valence-electron chi connectivity index (χ0n) is 18.7. The zero-order chi connectivity index (χ0) is 22.5. The van der Waals surface area contributed by atoms with Gasteiger partial charge in [0.2, 0.25) is 5.91 Å². The molecule has 0 aliphatic heterocycles. The quantitative estimate of drug-likeness (QED) is 0.414. The van der Waals surface area contributed by atoms with Gasteiger partial charge in [-0.1, -0.05) is 37.7 Å². The van der Waals surface area contributed by atoms with E-state index in [1.54, 1.807) is 6.20 Å². The van der Waals surface area contributed by atoms with E-state index >= 15 is 0 Å². The highest BCUT2D eigenvalue weighted by atomic mass is 32.2. The summed E-state index contributed by atoms with van der Waals surface area (Å²) < 4.78 is 8.18. The van der Waals surface area contributed by atoms with Gasteiger partial charge in [-0.3, -0.25) is 4.79 Å². The SMILES string of the molecule is CC(Sc1nnc(C(C)Oc2ccc(C(C)C)cc2)n1C(C)C)C(=O)Nc1nccs1. The van der Waals surface area contributed by atoms with Crippen molar-refractivity contribution in [3.63, 3.8) is 0 Å². The number of carbonyl (C=O) groups is 1. The molecule has 2 unspecified atom stereocenters. The van der Waals surface area contributed by atoms with Crippen molar-refractivity contribution < 1.29 is 9.53 Å². The van der Waals surface area contributed by atoms with Crippen LogP contribution < -0.4 is 10.1 Å². The number of carbonyl (C=O) groups excluding carboxylic acids is 1. The number of benzene rings is 1. The number of nitrogens with one attached hydrogen (secondary N) is 1. The molecule has 0 saturated carbocycles. The van der Waals surface area contributed by atoms with E-state index in [1.807, 2.05) is 35.9 Å². The summed E-state index contributed by atoms with van der Waals surface area (Å²) in [6.45, 7) is 12.3. The third-order valence-electron chi connectivity index (χ3n) is 4.74. The van der Waals surface area contributed by atoms with E-state index in [-0.39, 0.29) is 23.3 Å². The maximum absolute atomic E-state index is 12.5. The lowest BCUT2D eigenvalue weighted by Crippen LogP contribution is -2.23. The summed E-state index contributed by atoms with van der Waals surface area (Å²) in [7, 11) is 0. The summed E-state index contributed by atoms with van der Waals surface area (Å²) in [5.41, 5.74) is 1.27. The number of ether oxygens (including phenoxy) is 1. The molecule has 3 aromatic rings. The number of amides is 1. The third kappa shape index (κ3) is 5.86. The molecule has 2 atom stereocenters. The molecule has 0 spiro atoms. The Kier molecular flexibility index (Phi) is 7.72. The standard InChI is InChI=1S/C22H29N5O2S2/c1-13(2)17-7-9-18(10-8-17)29-15(5)19-25-26-22(27(19)14(3)4)31-16(6)20(28)24-21-23-11-12-30-21/h7-16H,1-6H3,(H,23,24,28). The fraction of sp³-hybridized carbons (Fsp3) is 0.455. The average Bonchev–Trinajstić information content (AvgIpc) is 3.38. The van der Waals surface area contributed by atoms with Gasteiger partial charge in [0, 0.05) is 17.6 Å². The summed E-state index contributed by atoms with van der Waals surface area (Å²) in [6, 6.07) is 8.27. The Morgan fingerprint density at radius 2 is 1.81 bits per heavy atom. The number of aromatic nitrogens is 4. The first kappa shape index (κ1) is 23.3. The molecule has 0 aliphatic carbocycles. The summed E-state index contributed by atoms with van der Waals surface area (Å²) in [5.74, 6) is 1.89. The molecule has 2 aromatic heterocycles. The van der Waals surface area contributed by atoms with Crippen LogP contribution in [0.4, 0.5) is 5.13 Å². The minimum absolute atomic E-state index is 0.116. The van der Waals surface area contributed by atoms with Gasteiger partial charge in [0.15, 0.2) is 22.2 Å². The van der Waals surface area contributed by atoms with Crippen LogP contribution in [0, 0.1) is 0 Å². The van der Waals surface area contributed by atoms with Gasteiger partial charge >= 0.3 is 0 Å². The van der Waals surface area contributed by atoms with Crippen molar-refractivity contribution in [1.29, 1.82) is 0 Å². The van der Waals surface area contributed by atoms with E-state index in [9.17, 15) is 4.79 Å². The van der Waals surface area contributed by atoms with Crippen LogP contribution in [0.25, 0.3) is 0 Å². The van der Waals surface area contributed by atoms with Gasteiger partial charge in [-0.05, 0) is 51.3 Å². The lowest BCUT2D eigenvalue weighted by molar-refractivity contribution is -0.115. The molecular formula is C22H29N5O2S2. The van der Waals surface area contributed by atoms with Crippen molar-refractivity contribution >= 4 is 34.1 Å². The molecule has 166 valence electrons. The molecule has 0 saturated heterocycles. The third-order valence-corrected chi connectivity index (χ3v) is 6.49. The minimum Gasteiger partial charge on any atom is -0.483 e. The van der Waals surface area contributed by atoms with E-state index in [0.29, 0.717) is 16.2 Å². The van der Waals surface area contributed by atoms with E-state index in [0.717, 1.165) is 11.6 Å². The first-order valence-electron chi connectivity index (χ1n) is 10.3. The van der Waals surface area contributed by atoms with Gasteiger partial charge in [0.1, 0.15) is 5.75 Å². The van der Waals surface area contributed by atoms with Crippen LogP contribution in [0.3, 0.4) is 0 Å². The second kappa shape index (κ2) is 10.3. The molecule has 1 N–H and O–H groups in total. The number of thioether (sulfide) groups is 1. The van der Waals surface area contributed by atoms with Gasteiger partial charge in [0.05, 0.1) is 5.25 Å². The summed E-state index contributed by atoms with van der Waals surface area (Å²) in [6.07, 6.45) is 1.38. The smallest absolute Gasteiger partial charge is 0.239 e. The largest absolute Gasteiger partial charge is 0.483 e. The molecule has 3 rings (SSSR count). The first-order chi connectivity index (χ1) is 14.8. The van der Waals surface area contributed by atoms with Gasteiger partial charge in [-0.2, -0.15) is 0 Å². The predicted octanol–water partition coefficient (Wildman–Crippen LogP) is 5.70. The Labute approximate surface area is 191 Å². The molecule has 1 aromatic carbocycles. The Morgan fingerprint density at radius 1 is 1.10 bits per heavy atom. The van der Waals surface area contributed by atoms with Crippen molar-refractivity contribution in [2.75, 3.05) is 5.32 Å². The van der Waals surface area contributed by atoms with Gasteiger partial charge in [0.25, 0.3) is 0 Å². The number of rotatable bonds is 9. The highest BCUT2D eigenvalue weighted by Crippen LogP contribution is 2.30. The summed E-state index contributed by atoms with van der Waals surface area (Å²) in [5, 5.41) is 14.3. The lowest BCUT2D eigenvalue weighted by atomic mass is 10.0. The van der Waals surface area contributed by atoms with Crippen LogP contribution in [0.2, 0.25) is 0 Å². The highest BCUT2D eigenvalue weighted by Gasteiger charge is 2.25. The van der Waals surface area contributed by atoms with Crippen molar-refractivity contribution in [2.45, 2.75) is 70.0 Å². The van der Waals surface area contributed by atoms with E-state index < -0.39 is 0 Å². The second-order valence-corrected chi connectivity index (χ2v) is 10.1. The van der Waals surface area contributed by atoms with Crippen molar-refractivity contribution in [2.24, 2.45) is 0 Å². The monoisotopic (exact) mass is 459 g/mol. The molecule has 2 heterocycles. The molecule has 31 heavy (non-hydrogen) atoms. The highest BCUT2D eigenvalue weighted by molar-refractivity contribution is 8.00. The van der Waals surface area contributed by atoms with Crippen LogP contribution in [0.5, 0.6) is 5.75 Å². The van der Waals surface area contributed by atoms with Crippen molar-refractivity contribution in [1.82, 2.24) is 19.7 Å². The fourth-order valence-corrected chi connectivity index (χ4v) is 4.54. The number of nitrogens with zero attached hydrogens (tertiary/aromatic N) is 4. The topological polar surface area (TPSA) is 81.9 Å². The average molecular weight is 460 g/mol. The van der Waals surface area contributed by atoms with Crippen molar-refractivity contribution in [3.8, 4) is 5.75 Å². The Balaban J connectivity index is 1.72. The Bertz CT molecular complexity index is 984. The second-order valence-electron chi connectivity index (χ2n) is 7.87. The molecule has 0 fully saturated rings.